The van der Waals surface area contributed by atoms with Crippen LogP contribution in [0, 0.1) is 24.4 Å². The molecule has 2 rings (SSSR count). The van der Waals surface area contributed by atoms with Gasteiger partial charge in [0.2, 0.25) is 10.0 Å². The van der Waals surface area contributed by atoms with E-state index >= 15 is 0 Å². The van der Waals surface area contributed by atoms with Crippen molar-refractivity contribution in [1.29, 1.82) is 0 Å². The van der Waals surface area contributed by atoms with E-state index in [9.17, 15) is 21.6 Å². The Hall–Kier alpha value is -1.45. The molecule has 0 aliphatic rings. The second-order valence-corrected chi connectivity index (χ2v) is 6.59. The standard InChI is InChI=1S/C11H9F3N2O2S2/c1-6-10(19-5-15-6)4-16-20(17,18)7-2-8(12)11(14)9(13)3-7/h2-3,5,16H,4H2,1H3. The maximum absolute atomic E-state index is 13.0. The van der Waals surface area contributed by atoms with Crippen molar-refractivity contribution >= 4 is 21.4 Å². The molecule has 0 saturated carbocycles. The van der Waals surface area contributed by atoms with Crippen LogP contribution in [0.3, 0.4) is 0 Å². The predicted octanol–water partition coefficient (Wildman–Crippen LogP) is 2.35. The average Bonchev–Trinajstić information content (AvgIpc) is 2.78. The van der Waals surface area contributed by atoms with Crippen molar-refractivity contribution in [3.8, 4) is 0 Å². The summed E-state index contributed by atoms with van der Waals surface area (Å²) >= 11 is 1.25. The van der Waals surface area contributed by atoms with Crippen LogP contribution in [0.1, 0.15) is 10.6 Å². The fourth-order valence-electron chi connectivity index (χ4n) is 1.43. The van der Waals surface area contributed by atoms with Gasteiger partial charge in [-0.2, -0.15) is 0 Å². The van der Waals surface area contributed by atoms with Crippen LogP contribution in [-0.4, -0.2) is 13.4 Å². The molecule has 108 valence electrons. The maximum atomic E-state index is 13.0. The summed E-state index contributed by atoms with van der Waals surface area (Å²) in [7, 11) is -4.13. The Labute approximate surface area is 117 Å². The summed E-state index contributed by atoms with van der Waals surface area (Å²) in [5.41, 5.74) is 2.21. The molecule has 1 heterocycles. The third kappa shape index (κ3) is 3.00. The fraction of sp³-hybridized carbons (Fsp3) is 0.182. The van der Waals surface area contributed by atoms with Gasteiger partial charge in [0.15, 0.2) is 17.5 Å². The monoisotopic (exact) mass is 322 g/mol. The van der Waals surface area contributed by atoms with E-state index in [1.807, 2.05) is 0 Å². The Morgan fingerprint density at radius 2 is 1.85 bits per heavy atom. The lowest BCUT2D eigenvalue weighted by Gasteiger charge is -2.07. The van der Waals surface area contributed by atoms with Crippen molar-refractivity contribution in [2.75, 3.05) is 0 Å². The van der Waals surface area contributed by atoms with E-state index in [1.54, 1.807) is 12.4 Å². The Balaban J connectivity index is 2.25. The van der Waals surface area contributed by atoms with Crippen LogP contribution in [0.15, 0.2) is 22.5 Å². The van der Waals surface area contributed by atoms with E-state index in [0.29, 0.717) is 22.7 Å². The minimum Gasteiger partial charge on any atom is -0.250 e. The highest BCUT2D eigenvalue weighted by Crippen LogP contribution is 2.18. The molecule has 1 aromatic heterocycles. The van der Waals surface area contributed by atoms with Gasteiger partial charge in [0.05, 0.1) is 16.1 Å². The van der Waals surface area contributed by atoms with E-state index in [2.05, 4.69) is 9.71 Å². The van der Waals surface area contributed by atoms with Crippen molar-refractivity contribution in [2.45, 2.75) is 18.4 Å². The number of sulfonamides is 1. The number of thiazole rings is 1. The number of hydrogen-bond donors (Lipinski definition) is 1. The molecule has 0 saturated heterocycles. The van der Waals surface area contributed by atoms with E-state index in [1.165, 1.54) is 11.3 Å². The smallest absolute Gasteiger partial charge is 0.241 e. The second-order valence-electron chi connectivity index (χ2n) is 3.89. The van der Waals surface area contributed by atoms with Gasteiger partial charge in [-0.15, -0.1) is 11.3 Å². The second kappa shape index (κ2) is 5.51. The maximum Gasteiger partial charge on any atom is 0.241 e. The molecule has 0 aliphatic heterocycles. The number of hydrogen-bond acceptors (Lipinski definition) is 4. The third-order valence-corrected chi connectivity index (χ3v) is 4.85. The minimum atomic E-state index is -4.13. The number of halogens is 3. The van der Waals surface area contributed by atoms with Crippen LogP contribution >= 0.6 is 11.3 Å². The lowest BCUT2D eigenvalue weighted by molar-refractivity contribution is 0.442. The van der Waals surface area contributed by atoms with Gasteiger partial charge in [-0.05, 0) is 19.1 Å². The first-order valence-corrected chi connectivity index (χ1v) is 7.70. The Morgan fingerprint density at radius 1 is 1.25 bits per heavy atom. The largest absolute Gasteiger partial charge is 0.250 e. The number of aryl methyl sites for hydroxylation is 1. The molecule has 2 aromatic rings. The number of nitrogens with one attached hydrogen (secondary N) is 1. The van der Waals surface area contributed by atoms with Crippen LogP contribution < -0.4 is 4.72 Å². The van der Waals surface area contributed by atoms with E-state index in [0.717, 1.165) is 0 Å². The van der Waals surface area contributed by atoms with Crippen molar-refractivity contribution in [3.05, 3.63) is 45.7 Å². The Bertz CT molecular complexity index is 721. The topological polar surface area (TPSA) is 59.1 Å². The highest BCUT2D eigenvalue weighted by atomic mass is 32.2. The molecule has 20 heavy (non-hydrogen) atoms. The molecule has 4 nitrogen and oxygen atoms in total. The van der Waals surface area contributed by atoms with Crippen LogP contribution in [-0.2, 0) is 16.6 Å². The highest BCUT2D eigenvalue weighted by molar-refractivity contribution is 7.89. The zero-order valence-corrected chi connectivity index (χ0v) is 11.8. The molecule has 1 N–H and O–H groups in total. The summed E-state index contributed by atoms with van der Waals surface area (Å²) < 4.78 is 64.8. The predicted molar refractivity (Wildman–Crippen MR) is 67.2 cm³/mol. The summed E-state index contributed by atoms with van der Waals surface area (Å²) in [6.45, 7) is 1.65. The van der Waals surface area contributed by atoms with Gasteiger partial charge in [0.25, 0.3) is 0 Å². The molecular weight excluding hydrogens is 313 g/mol. The molecular formula is C11H9F3N2O2S2. The molecule has 0 spiro atoms. The van der Waals surface area contributed by atoms with Crippen LogP contribution in [0.4, 0.5) is 13.2 Å². The van der Waals surface area contributed by atoms with Crippen molar-refractivity contribution in [1.82, 2.24) is 9.71 Å². The van der Waals surface area contributed by atoms with Crippen molar-refractivity contribution in [3.63, 3.8) is 0 Å². The lowest BCUT2D eigenvalue weighted by atomic mass is 10.3. The SMILES string of the molecule is Cc1ncsc1CNS(=O)(=O)c1cc(F)c(F)c(F)c1. The lowest BCUT2D eigenvalue weighted by Crippen LogP contribution is -2.23. The molecule has 0 unspecified atom stereocenters. The summed E-state index contributed by atoms with van der Waals surface area (Å²) in [6, 6.07) is 0.862. The van der Waals surface area contributed by atoms with Gasteiger partial charge >= 0.3 is 0 Å². The summed E-state index contributed by atoms with van der Waals surface area (Å²) in [5.74, 6) is -4.82. The first kappa shape index (κ1) is 14.9. The molecule has 0 amide bonds. The molecule has 0 aliphatic carbocycles. The van der Waals surface area contributed by atoms with Gasteiger partial charge < -0.3 is 0 Å². The molecule has 0 atom stereocenters. The first-order valence-electron chi connectivity index (χ1n) is 5.34. The van der Waals surface area contributed by atoms with Crippen LogP contribution in [0.25, 0.3) is 0 Å². The highest BCUT2D eigenvalue weighted by Gasteiger charge is 2.20. The van der Waals surface area contributed by atoms with Crippen LogP contribution in [0.5, 0.6) is 0 Å². The van der Waals surface area contributed by atoms with Gasteiger partial charge in [0.1, 0.15) is 0 Å². The molecule has 1 aromatic carbocycles. The number of rotatable bonds is 4. The molecule has 0 radical (unpaired) electrons. The third-order valence-electron chi connectivity index (χ3n) is 2.54. The van der Waals surface area contributed by atoms with Gasteiger partial charge in [-0.25, -0.2) is 31.3 Å². The minimum absolute atomic E-state index is 0.0561. The fourth-order valence-corrected chi connectivity index (χ4v) is 3.25. The summed E-state index contributed by atoms with van der Waals surface area (Å²) in [5, 5.41) is 0. The van der Waals surface area contributed by atoms with Crippen LogP contribution in [0.2, 0.25) is 0 Å². The normalized spacial score (nSPS) is 11.8. The molecule has 9 heteroatoms. The van der Waals surface area contributed by atoms with Crippen molar-refractivity contribution in [2.24, 2.45) is 0 Å². The van der Waals surface area contributed by atoms with E-state index in [-0.39, 0.29) is 6.54 Å². The van der Waals surface area contributed by atoms with Gasteiger partial charge in [-0.1, -0.05) is 0 Å². The van der Waals surface area contributed by atoms with E-state index in [4.69, 9.17) is 0 Å². The Kier molecular flexibility index (Phi) is 4.11. The number of benzene rings is 1. The zero-order chi connectivity index (χ0) is 14.9. The number of aromatic nitrogens is 1. The van der Waals surface area contributed by atoms with Crippen molar-refractivity contribution < 1.29 is 21.6 Å². The first-order chi connectivity index (χ1) is 9.31. The van der Waals surface area contributed by atoms with E-state index < -0.39 is 32.4 Å². The van der Waals surface area contributed by atoms with Gasteiger partial charge in [0, 0.05) is 11.4 Å². The Morgan fingerprint density at radius 3 is 2.35 bits per heavy atom. The summed E-state index contributed by atoms with van der Waals surface area (Å²) in [4.78, 5) is 3.95. The quantitative estimate of drug-likeness (QED) is 0.879. The van der Waals surface area contributed by atoms with Gasteiger partial charge in [-0.3, -0.25) is 0 Å². The zero-order valence-electron chi connectivity index (χ0n) is 10.2. The molecule has 0 fully saturated rings. The average molecular weight is 322 g/mol. The number of nitrogens with zero attached hydrogens (tertiary/aromatic N) is 1. The summed E-state index contributed by atoms with van der Waals surface area (Å²) in [6.07, 6.45) is 0. The molecule has 0 bridgehead atoms.